The highest BCUT2D eigenvalue weighted by Gasteiger charge is 2.34. The van der Waals surface area contributed by atoms with Crippen molar-refractivity contribution in [2.75, 3.05) is 17.1 Å². The zero-order valence-electron chi connectivity index (χ0n) is 25.2. The number of nitrogens with one attached hydrogen (secondary N) is 1. The molecule has 4 rings (SSSR count). The summed E-state index contributed by atoms with van der Waals surface area (Å²) in [6, 6.07) is 22.3. The van der Waals surface area contributed by atoms with E-state index in [1.807, 2.05) is 81.4 Å². The minimum Gasteiger partial charge on any atom is -0.352 e. The highest BCUT2D eigenvalue weighted by atomic mass is 32.2. The van der Waals surface area contributed by atoms with Crippen LogP contribution in [-0.4, -0.2) is 50.0 Å². The molecule has 0 aromatic heterocycles. The summed E-state index contributed by atoms with van der Waals surface area (Å²) in [7, 11) is -3.80. The average molecular weight is 590 g/mol. The SMILES string of the molecule is Cc1cccc(CN(C(=O)CN(c2cc(C)cc(C)c2)S(C)(=O)=O)[C@H](Cc2ccccc2)C(=O)NC2CCCCC2)c1. The van der Waals surface area contributed by atoms with Crippen LogP contribution < -0.4 is 9.62 Å². The van der Waals surface area contributed by atoms with Crippen molar-refractivity contribution < 1.29 is 18.0 Å². The molecular weight excluding hydrogens is 546 g/mol. The van der Waals surface area contributed by atoms with Gasteiger partial charge in [0.2, 0.25) is 21.8 Å². The Kier molecular flexibility index (Phi) is 10.4. The molecule has 0 heterocycles. The van der Waals surface area contributed by atoms with Gasteiger partial charge in [0, 0.05) is 19.0 Å². The Balaban J connectivity index is 1.73. The molecule has 0 saturated heterocycles. The van der Waals surface area contributed by atoms with Gasteiger partial charge in [-0.05, 0) is 68.0 Å². The monoisotopic (exact) mass is 589 g/mol. The van der Waals surface area contributed by atoms with Crippen molar-refractivity contribution in [3.8, 4) is 0 Å². The van der Waals surface area contributed by atoms with Gasteiger partial charge >= 0.3 is 0 Å². The first-order valence-electron chi connectivity index (χ1n) is 14.7. The van der Waals surface area contributed by atoms with E-state index in [2.05, 4.69) is 5.32 Å². The van der Waals surface area contributed by atoms with Crippen molar-refractivity contribution in [1.82, 2.24) is 10.2 Å². The molecule has 1 N–H and O–H groups in total. The van der Waals surface area contributed by atoms with Crippen LogP contribution in [0.5, 0.6) is 0 Å². The Morgan fingerprint density at radius 2 is 1.48 bits per heavy atom. The maximum absolute atomic E-state index is 14.3. The summed E-state index contributed by atoms with van der Waals surface area (Å²) in [5.74, 6) is -0.634. The molecule has 1 fully saturated rings. The summed E-state index contributed by atoms with van der Waals surface area (Å²) in [6.07, 6.45) is 6.57. The van der Waals surface area contributed by atoms with Crippen LogP contribution in [0.4, 0.5) is 5.69 Å². The third-order valence-electron chi connectivity index (χ3n) is 7.83. The molecule has 1 aliphatic rings. The van der Waals surface area contributed by atoms with E-state index in [9.17, 15) is 18.0 Å². The lowest BCUT2D eigenvalue weighted by molar-refractivity contribution is -0.140. The van der Waals surface area contributed by atoms with E-state index in [0.29, 0.717) is 12.1 Å². The molecule has 42 heavy (non-hydrogen) atoms. The lowest BCUT2D eigenvalue weighted by Crippen LogP contribution is -2.55. The summed E-state index contributed by atoms with van der Waals surface area (Å²) in [5.41, 5.74) is 5.08. The van der Waals surface area contributed by atoms with Gasteiger partial charge in [0.1, 0.15) is 12.6 Å². The number of aryl methyl sites for hydroxylation is 3. The standard InChI is InChI=1S/C34H43N3O4S/c1-25-12-11-15-29(19-25)23-36(33(38)24-37(42(4,40)41)31-20-26(2)18-27(3)21-31)32(22-28-13-7-5-8-14-28)34(39)35-30-16-9-6-10-17-30/h5,7-8,11-15,18-21,30,32H,6,9-10,16-17,22-24H2,1-4H3,(H,35,39)/t32-/m1/s1. The second-order valence-corrected chi connectivity index (χ2v) is 13.6. The Morgan fingerprint density at radius 1 is 0.833 bits per heavy atom. The summed E-state index contributed by atoms with van der Waals surface area (Å²) < 4.78 is 27.2. The molecule has 3 aromatic rings. The Hall–Kier alpha value is -3.65. The van der Waals surface area contributed by atoms with Gasteiger partial charge in [0.05, 0.1) is 11.9 Å². The second-order valence-electron chi connectivity index (χ2n) is 11.7. The molecule has 224 valence electrons. The van der Waals surface area contributed by atoms with Crippen molar-refractivity contribution in [1.29, 1.82) is 0 Å². The van der Waals surface area contributed by atoms with Crippen LogP contribution >= 0.6 is 0 Å². The molecule has 0 unspecified atom stereocenters. The van der Waals surface area contributed by atoms with Crippen molar-refractivity contribution in [3.63, 3.8) is 0 Å². The molecule has 7 nitrogen and oxygen atoms in total. The number of hydrogen-bond donors (Lipinski definition) is 1. The molecule has 0 spiro atoms. The Bertz CT molecular complexity index is 1460. The number of benzene rings is 3. The fourth-order valence-electron chi connectivity index (χ4n) is 5.81. The lowest BCUT2D eigenvalue weighted by atomic mass is 9.94. The molecule has 2 amide bonds. The van der Waals surface area contributed by atoms with Gasteiger partial charge in [-0.25, -0.2) is 8.42 Å². The van der Waals surface area contributed by atoms with Crippen LogP contribution in [0, 0.1) is 20.8 Å². The number of nitrogens with zero attached hydrogens (tertiary/aromatic N) is 2. The van der Waals surface area contributed by atoms with E-state index >= 15 is 0 Å². The molecule has 8 heteroatoms. The quantitative estimate of drug-likeness (QED) is 0.322. The molecule has 3 aromatic carbocycles. The number of rotatable bonds is 11. The smallest absolute Gasteiger partial charge is 0.244 e. The summed E-state index contributed by atoms with van der Waals surface area (Å²) in [5, 5.41) is 3.24. The van der Waals surface area contributed by atoms with Gasteiger partial charge in [-0.15, -0.1) is 0 Å². The van der Waals surface area contributed by atoms with Crippen molar-refractivity contribution in [2.45, 2.75) is 77.9 Å². The third-order valence-corrected chi connectivity index (χ3v) is 8.97. The van der Waals surface area contributed by atoms with Crippen LogP contribution in [0.15, 0.2) is 72.8 Å². The van der Waals surface area contributed by atoms with E-state index in [0.717, 1.165) is 70.5 Å². The first kappa shape index (κ1) is 31.3. The van der Waals surface area contributed by atoms with E-state index in [1.165, 1.54) is 0 Å². The van der Waals surface area contributed by atoms with E-state index < -0.39 is 28.5 Å². The topological polar surface area (TPSA) is 86.8 Å². The Morgan fingerprint density at radius 3 is 2.10 bits per heavy atom. The number of anilines is 1. The number of sulfonamides is 1. The zero-order valence-corrected chi connectivity index (χ0v) is 26.0. The minimum atomic E-state index is -3.80. The van der Waals surface area contributed by atoms with Crippen LogP contribution in [0.2, 0.25) is 0 Å². The van der Waals surface area contributed by atoms with Gasteiger partial charge in [0.15, 0.2) is 0 Å². The molecule has 1 saturated carbocycles. The maximum Gasteiger partial charge on any atom is 0.244 e. The minimum absolute atomic E-state index is 0.0724. The molecular formula is C34H43N3O4S. The summed E-state index contributed by atoms with van der Waals surface area (Å²) >= 11 is 0. The third kappa shape index (κ3) is 8.68. The van der Waals surface area contributed by atoms with Crippen LogP contribution in [0.25, 0.3) is 0 Å². The van der Waals surface area contributed by atoms with Gasteiger partial charge < -0.3 is 10.2 Å². The van der Waals surface area contributed by atoms with E-state index in [1.54, 1.807) is 17.0 Å². The van der Waals surface area contributed by atoms with E-state index in [-0.39, 0.29) is 18.5 Å². The molecule has 0 radical (unpaired) electrons. The van der Waals surface area contributed by atoms with Gasteiger partial charge in [-0.1, -0.05) is 85.5 Å². The number of amides is 2. The molecule has 1 aliphatic carbocycles. The van der Waals surface area contributed by atoms with Gasteiger partial charge in [-0.2, -0.15) is 0 Å². The van der Waals surface area contributed by atoms with Crippen molar-refractivity contribution in [2.24, 2.45) is 0 Å². The number of carbonyl (C=O) groups excluding carboxylic acids is 2. The number of carbonyl (C=O) groups is 2. The second kappa shape index (κ2) is 14.0. The Labute approximate surface area is 251 Å². The summed E-state index contributed by atoms with van der Waals surface area (Å²) in [6.45, 7) is 5.55. The van der Waals surface area contributed by atoms with Crippen molar-refractivity contribution in [3.05, 3.63) is 101 Å². The van der Waals surface area contributed by atoms with Crippen LogP contribution in [-0.2, 0) is 32.6 Å². The lowest BCUT2D eigenvalue weighted by Gasteiger charge is -2.35. The predicted molar refractivity (Wildman–Crippen MR) is 169 cm³/mol. The maximum atomic E-state index is 14.3. The first-order chi connectivity index (χ1) is 20.0. The normalized spacial score (nSPS) is 14.7. The molecule has 1 atom stereocenters. The summed E-state index contributed by atoms with van der Waals surface area (Å²) in [4.78, 5) is 29.9. The largest absolute Gasteiger partial charge is 0.352 e. The highest BCUT2D eigenvalue weighted by molar-refractivity contribution is 7.92. The molecule has 0 aliphatic heterocycles. The zero-order chi connectivity index (χ0) is 30.3. The van der Waals surface area contributed by atoms with Gasteiger partial charge in [-0.3, -0.25) is 13.9 Å². The van der Waals surface area contributed by atoms with Crippen LogP contribution in [0.1, 0.15) is 59.9 Å². The fourth-order valence-corrected chi connectivity index (χ4v) is 6.65. The first-order valence-corrected chi connectivity index (χ1v) is 16.6. The average Bonchev–Trinajstić information content (AvgIpc) is 2.93. The van der Waals surface area contributed by atoms with Gasteiger partial charge in [0.25, 0.3) is 0 Å². The van der Waals surface area contributed by atoms with Crippen LogP contribution in [0.3, 0.4) is 0 Å². The predicted octanol–water partition coefficient (Wildman–Crippen LogP) is 5.47. The fraction of sp³-hybridized carbons (Fsp3) is 0.412. The highest BCUT2D eigenvalue weighted by Crippen LogP contribution is 2.24. The number of hydrogen-bond acceptors (Lipinski definition) is 4. The van der Waals surface area contributed by atoms with Crippen molar-refractivity contribution >= 4 is 27.5 Å². The van der Waals surface area contributed by atoms with E-state index in [4.69, 9.17) is 0 Å². The molecule has 0 bridgehead atoms.